The molecule has 1 atom stereocenters. The van der Waals surface area contributed by atoms with Gasteiger partial charge < -0.3 is 10.1 Å². The van der Waals surface area contributed by atoms with Crippen LogP contribution in [0.15, 0.2) is 78.9 Å². The largest absolute Gasteiger partial charge is 0.496 e. The van der Waals surface area contributed by atoms with Crippen LogP contribution in [0.5, 0.6) is 5.75 Å². The maximum absolute atomic E-state index is 13.2. The molecule has 34 heavy (non-hydrogen) atoms. The average molecular weight is 477 g/mol. The van der Waals surface area contributed by atoms with E-state index in [-0.39, 0.29) is 17.4 Å². The average Bonchev–Trinajstić information content (AvgIpc) is 3.33. The number of hydrogen-bond donors (Lipinski definition) is 2. The number of amides is 2. The fourth-order valence-electron chi connectivity index (χ4n) is 3.30. The Bertz CT molecular complexity index is 1280. The molecule has 0 saturated carbocycles. The third kappa shape index (κ3) is 5.62. The van der Waals surface area contributed by atoms with Crippen LogP contribution in [0.25, 0.3) is 10.6 Å². The number of carbonyl (C=O) groups excluding carboxylic acids is 2. The summed E-state index contributed by atoms with van der Waals surface area (Å²) >= 11 is 1.16. The lowest BCUT2D eigenvalue weighted by Gasteiger charge is -2.18. The number of ether oxygens (including phenoxy) is 1. The number of anilines is 1. The van der Waals surface area contributed by atoms with Crippen LogP contribution in [0.3, 0.4) is 0 Å². The van der Waals surface area contributed by atoms with Crippen LogP contribution in [0.1, 0.15) is 15.9 Å². The SMILES string of the molecule is COc1ccccc1C(=O)N[C@H](Cc1ccccc1)C(=O)Nc1nnc(-c2ccc(F)cc2)s1. The van der Waals surface area contributed by atoms with Crippen molar-refractivity contribution in [1.29, 1.82) is 0 Å². The van der Waals surface area contributed by atoms with Crippen molar-refractivity contribution in [2.24, 2.45) is 0 Å². The second-order valence-electron chi connectivity index (χ2n) is 7.32. The van der Waals surface area contributed by atoms with Gasteiger partial charge in [-0.25, -0.2) is 4.39 Å². The van der Waals surface area contributed by atoms with Gasteiger partial charge in [0.2, 0.25) is 11.0 Å². The normalized spacial score (nSPS) is 11.5. The van der Waals surface area contributed by atoms with E-state index in [9.17, 15) is 14.0 Å². The second kappa shape index (κ2) is 10.7. The highest BCUT2D eigenvalue weighted by molar-refractivity contribution is 7.18. The molecule has 0 bridgehead atoms. The Labute approximate surface area is 199 Å². The fraction of sp³-hybridized carbons (Fsp3) is 0.120. The Morgan fingerprint density at radius 3 is 2.41 bits per heavy atom. The zero-order valence-corrected chi connectivity index (χ0v) is 19.0. The number of rotatable bonds is 8. The number of hydrogen-bond acceptors (Lipinski definition) is 6. The zero-order chi connectivity index (χ0) is 23.9. The summed E-state index contributed by atoms with van der Waals surface area (Å²) < 4.78 is 18.5. The highest BCUT2D eigenvalue weighted by Crippen LogP contribution is 2.26. The predicted octanol–water partition coefficient (Wildman–Crippen LogP) is 4.33. The van der Waals surface area contributed by atoms with Crippen LogP contribution in [0, 0.1) is 5.82 Å². The van der Waals surface area contributed by atoms with Crippen molar-refractivity contribution in [3.05, 3.63) is 95.8 Å². The maximum atomic E-state index is 13.2. The van der Waals surface area contributed by atoms with E-state index in [2.05, 4.69) is 20.8 Å². The monoisotopic (exact) mass is 476 g/mol. The minimum Gasteiger partial charge on any atom is -0.496 e. The number of aromatic nitrogens is 2. The minimum absolute atomic E-state index is 0.272. The molecule has 2 N–H and O–H groups in total. The van der Waals surface area contributed by atoms with Crippen LogP contribution >= 0.6 is 11.3 Å². The summed E-state index contributed by atoms with van der Waals surface area (Å²) in [6.07, 6.45) is 0.275. The first-order chi connectivity index (χ1) is 16.5. The van der Waals surface area contributed by atoms with Gasteiger partial charge in [0, 0.05) is 12.0 Å². The Balaban J connectivity index is 1.53. The van der Waals surface area contributed by atoms with Gasteiger partial charge in [-0.05, 0) is 42.0 Å². The molecule has 0 radical (unpaired) electrons. The Hall–Kier alpha value is -4.11. The van der Waals surface area contributed by atoms with Crippen LogP contribution < -0.4 is 15.4 Å². The number of nitrogens with zero attached hydrogens (tertiary/aromatic N) is 2. The highest BCUT2D eigenvalue weighted by atomic mass is 32.1. The number of nitrogens with one attached hydrogen (secondary N) is 2. The van der Waals surface area contributed by atoms with Crippen LogP contribution in [0.2, 0.25) is 0 Å². The van der Waals surface area contributed by atoms with Crippen molar-refractivity contribution in [2.45, 2.75) is 12.5 Å². The van der Waals surface area contributed by atoms with Gasteiger partial charge in [0.05, 0.1) is 12.7 Å². The standard InChI is InChI=1S/C25H21FN4O3S/c1-33-21-10-6-5-9-19(21)22(31)27-20(15-16-7-3-2-4-8-16)23(32)28-25-30-29-24(34-25)17-11-13-18(26)14-12-17/h2-14,20H,15H2,1H3,(H,27,31)(H,28,30,32)/t20-/m1/s1. The number of methoxy groups -OCH3 is 1. The van der Waals surface area contributed by atoms with Crippen molar-refractivity contribution in [3.63, 3.8) is 0 Å². The van der Waals surface area contributed by atoms with E-state index < -0.39 is 17.9 Å². The molecule has 0 spiro atoms. The van der Waals surface area contributed by atoms with Crippen molar-refractivity contribution in [3.8, 4) is 16.3 Å². The molecule has 172 valence electrons. The van der Waals surface area contributed by atoms with Gasteiger partial charge in [-0.3, -0.25) is 14.9 Å². The van der Waals surface area contributed by atoms with Crippen LogP contribution in [-0.4, -0.2) is 35.2 Å². The van der Waals surface area contributed by atoms with Gasteiger partial charge in [-0.1, -0.05) is 53.8 Å². The van der Waals surface area contributed by atoms with Gasteiger partial charge in [0.15, 0.2) is 0 Å². The van der Waals surface area contributed by atoms with Gasteiger partial charge >= 0.3 is 0 Å². The lowest BCUT2D eigenvalue weighted by Crippen LogP contribution is -2.45. The summed E-state index contributed by atoms with van der Waals surface area (Å²) in [6, 6.07) is 21.1. The third-order valence-electron chi connectivity index (χ3n) is 5.00. The van der Waals surface area contributed by atoms with Crippen molar-refractivity contribution in [2.75, 3.05) is 12.4 Å². The van der Waals surface area contributed by atoms with E-state index in [4.69, 9.17) is 4.74 Å². The Kier molecular flexibility index (Phi) is 7.24. The molecule has 1 heterocycles. The van der Waals surface area contributed by atoms with E-state index >= 15 is 0 Å². The Morgan fingerprint density at radius 1 is 0.971 bits per heavy atom. The zero-order valence-electron chi connectivity index (χ0n) is 18.2. The summed E-state index contributed by atoms with van der Waals surface area (Å²) in [6.45, 7) is 0. The molecule has 0 saturated heterocycles. The number of carbonyl (C=O) groups is 2. The summed E-state index contributed by atoms with van der Waals surface area (Å²) in [5, 5.41) is 14.4. The van der Waals surface area contributed by atoms with Crippen LogP contribution in [-0.2, 0) is 11.2 Å². The van der Waals surface area contributed by atoms with Gasteiger partial charge in [0.25, 0.3) is 5.91 Å². The van der Waals surface area contributed by atoms with E-state index in [1.807, 2.05) is 30.3 Å². The van der Waals surface area contributed by atoms with E-state index in [0.29, 0.717) is 21.9 Å². The van der Waals surface area contributed by atoms with E-state index in [0.717, 1.165) is 16.9 Å². The molecule has 1 aromatic heterocycles. The molecule has 0 fully saturated rings. The molecule has 4 rings (SSSR count). The Morgan fingerprint density at radius 2 is 1.68 bits per heavy atom. The fourth-order valence-corrected chi connectivity index (χ4v) is 4.05. The van der Waals surface area contributed by atoms with E-state index in [1.54, 1.807) is 36.4 Å². The van der Waals surface area contributed by atoms with Crippen molar-refractivity contribution < 1.29 is 18.7 Å². The quantitative estimate of drug-likeness (QED) is 0.395. The van der Waals surface area contributed by atoms with Crippen molar-refractivity contribution >= 4 is 28.3 Å². The second-order valence-corrected chi connectivity index (χ2v) is 8.30. The lowest BCUT2D eigenvalue weighted by atomic mass is 10.0. The van der Waals surface area contributed by atoms with Gasteiger partial charge in [0.1, 0.15) is 22.6 Å². The molecular weight excluding hydrogens is 455 g/mol. The molecule has 4 aromatic rings. The lowest BCUT2D eigenvalue weighted by molar-refractivity contribution is -0.118. The van der Waals surface area contributed by atoms with Gasteiger partial charge in [-0.2, -0.15) is 0 Å². The summed E-state index contributed by atoms with van der Waals surface area (Å²) in [5.41, 5.74) is 1.89. The molecule has 7 nitrogen and oxygen atoms in total. The molecule has 0 aliphatic heterocycles. The topological polar surface area (TPSA) is 93.2 Å². The smallest absolute Gasteiger partial charge is 0.255 e. The number of para-hydroxylation sites is 1. The van der Waals surface area contributed by atoms with E-state index in [1.165, 1.54) is 19.2 Å². The number of halogens is 1. The highest BCUT2D eigenvalue weighted by Gasteiger charge is 2.24. The number of benzene rings is 3. The van der Waals surface area contributed by atoms with Crippen molar-refractivity contribution in [1.82, 2.24) is 15.5 Å². The molecule has 2 amide bonds. The molecule has 3 aromatic carbocycles. The molecule has 0 aliphatic rings. The summed E-state index contributed by atoms with van der Waals surface area (Å²) in [4.78, 5) is 26.1. The van der Waals surface area contributed by atoms with Gasteiger partial charge in [-0.15, -0.1) is 10.2 Å². The molecule has 0 unspecified atom stereocenters. The maximum Gasteiger partial charge on any atom is 0.255 e. The summed E-state index contributed by atoms with van der Waals surface area (Å²) in [5.74, 6) is -0.810. The molecular formula is C25H21FN4O3S. The minimum atomic E-state index is -0.877. The predicted molar refractivity (Wildman–Crippen MR) is 128 cm³/mol. The molecule has 9 heteroatoms. The van der Waals surface area contributed by atoms with Crippen LogP contribution in [0.4, 0.5) is 9.52 Å². The third-order valence-corrected chi connectivity index (χ3v) is 5.89. The summed E-state index contributed by atoms with van der Waals surface area (Å²) in [7, 11) is 1.48. The first-order valence-corrected chi connectivity index (χ1v) is 11.2. The molecule has 0 aliphatic carbocycles. The first kappa shape index (κ1) is 23.1. The first-order valence-electron chi connectivity index (χ1n) is 10.4.